The number of rotatable bonds is 8. The molecule has 26 heavy (non-hydrogen) atoms. The first-order chi connectivity index (χ1) is 12.5. The summed E-state index contributed by atoms with van der Waals surface area (Å²) in [6.07, 6.45) is 1.08. The fourth-order valence-corrected chi connectivity index (χ4v) is 2.67. The third-order valence-electron chi connectivity index (χ3n) is 4.16. The van der Waals surface area contributed by atoms with Crippen molar-refractivity contribution in [2.75, 3.05) is 6.61 Å². The van der Waals surface area contributed by atoms with Gasteiger partial charge in [0.2, 0.25) is 0 Å². The van der Waals surface area contributed by atoms with Gasteiger partial charge in [-0.2, -0.15) is 0 Å². The van der Waals surface area contributed by atoms with Crippen LogP contribution in [-0.2, 0) is 4.79 Å². The highest BCUT2D eigenvalue weighted by Crippen LogP contribution is 2.24. The predicted octanol–water partition coefficient (Wildman–Crippen LogP) is 1.24. The number of carboxylic acids is 1. The second-order valence-electron chi connectivity index (χ2n) is 6.29. The van der Waals surface area contributed by atoms with Crippen LogP contribution in [0.25, 0.3) is 0 Å². The lowest BCUT2D eigenvalue weighted by Gasteiger charge is -2.16. The highest BCUT2D eigenvalue weighted by atomic mass is 16.4. The quantitative estimate of drug-likeness (QED) is 0.659. The van der Waals surface area contributed by atoms with Crippen LogP contribution in [-0.4, -0.2) is 22.8 Å². The average Bonchev–Trinajstić information content (AvgIpc) is 2.68. The van der Waals surface area contributed by atoms with Crippen molar-refractivity contribution >= 4 is 5.97 Å². The van der Waals surface area contributed by atoms with Crippen LogP contribution in [0.1, 0.15) is 49.5 Å². The molecular formula is C21H29NO4. The Kier molecular flexibility index (Phi) is 10.2. The molecule has 0 aliphatic carbocycles. The molecule has 2 rings (SSSR count). The van der Waals surface area contributed by atoms with Crippen molar-refractivity contribution in [1.82, 2.24) is 0 Å². The lowest BCUT2D eigenvalue weighted by Crippen LogP contribution is -2.56. The van der Waals surface area contributed by atoms with Crippen molar-refractivity contribution in [3.05, 3.63) is 71.8 Å². The van der Waals surface area contributed by atoms with E-state index < -0.39 is 12.1 Å². The monoisotopic (exact) mass is 359 g/mol. The molecule has 5 nitrogen and oxygen atoms in total. The van der Waals surface area contributed by atoms with Gasteiger partial charge in [0.15, 0.2) is 0 Å². The number of aliphatic carboxylic acids is 1. The van der Waals surface area contributed by atoms with Gasteiger partial charge in [-0.25, -0.2) is 0 Å². The number of carbonyl (C=O) groups excluding carboxylic acids is 1. The number of carbonyl (C=O) groups is 1. The molecule has 0 fully saturated rings. The zero-order valence-corrected chi connectivity index (χ0v) is 15.3. The molecule has 0 amide bonds. The van der Waals surface area contributed by atoms with Crippen LogP contribution < -0.4 is 10.8 Å². The minimum absolute atomic E-state index is 0.0235. The highest BCUT2D eigenvalue weighted by molar-refractivity contribution is 5.64. The lowest BCUT2D eigenvalue weighted by molar-refractivity contribution is -0.446. The second kappa shape index (κ2) is 12.2. The number of hydrogen-bond acceptors (Lipinski definition) is 4. The molecule has 5 N–H and O–H groups in total. The van der Waals surface area contributed by atoms with E-state index in [1.54, 1.807) is 0 Å². The Morgan fingerprint density at radius 3 is 1.96 bits per heavy atom. The number of aliphatic hydroxyl groups is 2. The van der Waals surface area contributed by atoms with Crippen molar-refractivity contribution < 1.29 is 25.8 Å². The zero-order chi connectivity index (χ0) is 19.4. The second-order valence-corrected chi connectivity index (χ2v) is 6.29. The van der Waals surface area contributed by atoms with Crippen molar-refractivity contribution in [2.45, 2.75) is 38.3 Å². The Morgan fingerprint density at radius 1 is 1.04 bits per heavy atom. The molecule has 0 aromatic heterocycles. The molecule has 142 valence electrons. The molecule has 5 heteroatoms. The summed E-state index contributed by atoms with van der Waals surface area (Å²) in [4.78, 5) is 10.0. The van der Waals surface area contributed by atoms with Gasteiger partial charge < -0.3 is 25.8 Å². The zero-order valence-electron chi connectivity index (χ0n) is 15.3. The van der Waals surface area contributed by atoms with Gasteiger partial charge >= 0.3 is 0 Å². The Balaban J connectivity index is 0.000000294. The maximum absolute atomic E-state index is 10.2. The molecule has 0 aliphatic heterocycles. The summed E-state index contributed by atoms with van der Waals surface area (Å²) in [5.74, 6) is -1.19. The van der Waals surface area contributed by atoms with Crippen LogP contribution in [0, 0.1) is 5.92 Å². The molecule has 2 aromatic carbocycles. The molecule has 0 saturated heterocycles. The normalized spacial score (nSPS) is 13.8. The van der Waals surface area contributed by atoms with Gasteiger partial charge in [0, 0.05) is 18.1 Å². The van der Waals surface area contributed by atoms with E-state index >= 15 is 0 Å². The fourth-order valence-electron chi connectivity index (χ4n) is 2.67. The van der Waals surface area contributed by atoms with Crippen LogP contribution in [0.4, 0.5) is 0 Å². The molecule has 0 saturated carbocycles. The maximum Gasteiger partial charge on any atom is 0.140 e. The van der Waals surface area contributed by atoms with Gasteiger partial charge in [0.1, 0.15) is 12.1 Å². The summed E-state index contributed by atoms with van der Waals surface area (Å²) in [6.45, 7) is 1.90. The summed E-state index contributed by atoms with van der Waals surface area (Å²) in [5.41, 5.74) is 6.00. The first kappa shape index (κ1) is 21.8. The molecule has 0 aliphatic rings. The van der Waals surface area contributed by atoms with Crippen LogP contribution in [0.2, 0.25) is 0 Å². The van der Waals surface area contributed by atoms with E-state index in [1.165, 1.54) is 0 Å². The van der Waals surface area contributed by atoms with Gasteiger partial charge in [-0.05, 0) is 24.3 Å². The standard InChI is InChI=1S/C14H15NO.C7H14O3/c15-13(11-7-3-1-4-8-11)14(16)12-9-5-2-6-10-12;1-2-3-6(5-8)4-7(9)10/h1-10,13-14,16H,15H2;6,8H,2-5H2,1H3,(H,9,10)/t13-,14+;6-/m00/s1. The SMILES string of the molecule is CCC[C@H](CO)CC(=O)[O-].[NH3+][C@@H](c1ccccc1)[C@H](O)c1ccccc1. The van der Waals surface area contributed by atoms with E-state index in [9.17, 15) is 15.0 Å². The van der Waals surface area contributed by atoms with Crippen molar-refractivity contribution in [2.24, 2.45) is 5.92 Å². The van der Waals surface area contributed by atoms with Gasteiger partial charge in [0.25, 0.3) is 0 Å². The number of quaternary nitrogens is 1. The van der Waals surface area contributed by atoms with Crippen molar-refractivity contribution in [3.8, 4) is 0 Å². The predicted molar refractivity (Wildman–Crippen MR) is 98.6 cm³/mol. The van der Waals surface area contributed by atoms with E-state index in [4.69, 9.17) is 5.11 Å². The number of carboxylic acid groups (broad SMARTS) is 1. The minimum Gasteiger partial charge on any atom is -0.550 e. The van der Waals surface area contributed by atoms with E-state index in [2.05, 4.69) is 5.73 Å². The van der Waals surface area contributed by atoms with E-state index in [0.29, 0.717) is 0 Å². The summed E-state index contributed by atoms with van der Waals surface area (Å²) >= 11 is 0. The topological polar surface area (TPSA) is 108 Å². The molecular weight excluding hydrogens is 330 g/mol. The maximum atomic E-state index is 10.2. The molecule has 0 bridgehead atoms. The fraction of sp³-hybridized carbons (Fsp3) is 0.381. The Morgan fingerprint density at radius 2 is 1.54 bits per heavy atom. The third-order valence-corrected chi connectivity index (χ3v) is 4.16. The van der Waals surface area contributed by atoms with E-state index in [1.807, 2.05) is 67.6 Å². The van der Waals surface area contributed by atoms with Crippen molar-refractivity contribution in [1.29, 1.82) is 0 Å². The van der Waals surface area contributed by atoms with E-state index in [0.717, 1.165) is 24.0 Å². The number of benzene rings is 2. The molecule has 0 radical (unpaired) electrons. The molecule has 0 heterocycles. The molecule has 0 unspecified atom stereocenters. The van der Waals surface area contributed by atoms with Gasteiger partial charge in [0.05, 0.1) is 0 Å². The summed E-state index contributed by atoms with van der Waals surface area (Å²) < 4.78 is 0. The summed E-state index contributed by atoms with van der Waals surface area (Å²) in [7, 11) is 0. The number of hydrogen-bond donors (Lipinski definition) is 3. The van der Waals surface area contributed by atoms with Crippen LogP contribution in [0.15, 0.2) is 60.7 Å². The molecule has 2 aromatic rings. The van der Waals surface area contributed by atoms with Crippen LogP contribution in [0.3, 0.4) is 0 Å². The van der Waals surface area contributed by atoms with Crippen molar-refractivity contribution in [3.63, 3.8) is 0 Å². The number of aliphatic hydroxyl groups excluding tert-OH is 2. The smallest absolute Gasteiger partial charge is 0.140 e. The van der Waals surface area contributed by atoms with Gasteiger partial charge in [-0.3, -0.25) is 0 Å². The third kappa shape index (κ3) is 7.78. The van der Waals surface area contributed by atoms with Crippen LogP contribution in [0.5, 0.6) is 0 Å². The summed E-state index contributed by atoms with van der Waals surface area (Å²) in [6, 6.07) is 19.4. The van der Waals surface area contributed by atoms with Gasteiger partial charge in [-0.15, -0.1) is 0 Å². The molecule has 3 atom stereocenters. The summed E-state index contributed by atoms with van der Waals surface area (Å²) in [5, 5.41) is 28.8. The molecule has 0 spiro atoms. The minimum atomic E-state index is -1.08. The van der Waals surface area contributed by atoms with E-state index in [-0.39, 0.29) is 25.0 Å². The Labute approximate surface area is 155 Å². The average molecular weight is 359 g/mol. The van der Waals surface area contributed by atoms with Gasteiger partial charge in [-0.1, -0.05) is 74.0 Å². The Bertz CT molecular complexity index is 575. The first-order valence-electron chi connectivity index (χ1n) is 8.91. The van der Waals surface area contributed by atoms with Crippen LogP contribution >= 0.6 is 0 Å². The Hall–Kier alpha value is -2.21. The highest BCUT2D eigenvalue weighted by Gasteiger charge is 2.21. The largest absolute Gasteiger partial charge is 0.550 e. The lowest BCUT2D eigenvalue weighted by atomic mass is 9.97. The first-order valence-corrected chi connectivity index (χ1v) is 8.91.